The standard InChI is InChI=1S/C62H39N3/c1-4-18-41(19-5-1)59-63-60(65-61(64-59)56-39-43-21-12-13-26-49(43)52-27-14-15-28-53(52)56)46-34-35-51-45(38-46)33-36-55-54-30-16-29-50(44-32-31-40-17-10-11-20-42(40)37-44)57(54)62(58(51)55,47-22-6-2-7-23-47)48-24-8-3-9-25-48/h1-39H. The number of aromatic nitrogens is 3. The summed E-state index contributed by atoms with van der Waals surface area (Å²) in [5, 5.41) is 9.42. The third-order valence-corrected chi connectivity index (χ3v) is 13.5. The zero-order valence-electron chi connectivity index (χ0n) is 35.4. The van der Waals surface area contributed by atoms with E-state index in [0.717, 1.165) is 32.8 Å². The fourth-order valence-corrected chi connectivity index (χ4v) is 10.7. The molecule has 0 atom stereocenters. The van der Waals surface area contributed by atoms with Crippen molar-refractivity contribution in [2.45, 2.75) is 5.41 Å². The Morgan fingerprint density at radius 3 is 1.52 bits per heavy atom. The highest BCUT2D eigenvalue weighted by molar-refractivity contribution is 6.13. The Kier molecular flexibility index (Phi) is 8.44. The first-order valence-electron chi connectivity index (χ1n) is 22.3. The first-order valence-corrected chi connectivity index (χ1v) is 22.3. The molecule has 0 bridgehead atoms. The van der Waals surface area contributed by atoms with Crippen LogP contribution < -0.4 is 0 Å². The van der Waals surface area contributed by atoms with Gasteiger partial charge in [0, 0.05) is 16.7 Å². The van der Waals surface area contributed by atoms with Crippen molar-refractivity contribution in [1.29, 1.82) is 0 Å². The van der Waals surface area contributed by atoms with Gasteiger partial charge in [-0.2, -0.15) is 0 Å². The molecule has 0 saturated heterocycles. The van der Waals surface area contributed by atoms with Gasteiger partial charge in [-0.1, -0.05) is 218 Å². The predicted octanol–water partition coefficient (Wildman–Crippen LogP) is 15.5. The molecule has 0 unspecified atom stereocenters. The van der Waals surface area contributed by atoms with Crippen molar-refractivity contribution in [3.63, 3.8) is 0 Å². The molecule has 65 heavy (non-hydrogen) atoms. The lowest BCUT2D eigenvalue weighted by molar-refractivity contribution is 0.777. The van der Waals surface area contributed by atoms with Crippen molar-refractivity contribution in [1.82, 2.24) is 15.0 Å². The predicted molar refractivity (Wildman–Crippen MR) is 269 cm³/mol. The molecule has 3 nitrogen and oxygen atoms in total. The van der Waals surface area contributed by atoms with Gasteiger partial charge in [0.1, 0.15) is 0 Å². The molecule has 0 spiro atoms. The van der Waals surface area contributed by atoms with Gasteiger partial charge in [-0.3, -0.25) is 0 Å². The molecule has 0 amide bonds. The molecule has 1 aliphatic carbocycles. The lowest BCUT2D eigenvalue weighted by atomic mass is 9.65. The van der Waals surface area contributed by atoms with Crippen LogP contribution in [0, 0.1) is 0 Å². The number of benzene rings is 11. The molecular formula is C62H39N3. The molecule has 3 heteroatoms. The number of hydrogen-bond donors (Lipinski definition) is 0. The Morgan fingerprint density at radius 1 is 0.246 bits per heavy atom. The number of rotatable bonds is 6. The highest BCUT2D eigenvalue weighted by atomic mass is 15.0. The minimum absolute atomic E-state index is 0.631. The molecule has 0 aliphatic heterocycles. The van der Waals surface area contributed by atoms with Crippen LogP contribution in [0.2, 0.25) is 0 Å². The quantitative estimate of drug-likeness (QED) is 0.157. The van der Waals surface area contributed by atoms with Crippen LogP contribution >= 0.6 is 0 Å². The van der Waals surface area contributed by atoms with Crippen molar-refractivity contribution >= 4 is 43.1 Å². The highest BCUT2D eigenvalue weighted by Crippen LogP contribution is 2.60. The monoisotopic (exact) mass is 825 g/mol. The normalized spacial score (nSPS) is 12.7. The molecule has 12 aromatic rings. The van der Waals surface area contributed by atoms with Gasteiger partial charge in [-0.05, 0) is 106 Å². The van der Waals surface area contributed by atoms with Crippen molar-refractivity contribution in [2.24, 2.45) is 0 Å². The van der Waals surface area contributed by atoms with Crippen molar-refractivity contribution < 1.29 is 0 Å². The molecule has 0 N–H and O–H groups in total. The Bertz CT molecular complexity index is 3780. The summed E-state index contributed by atoms with van der Waals surface area (Å²) in [6.45, 7) is 0. The molecule has 302 valence electrons. The van der Waals surface area contributed by atoms with E-state index in [0.29, 0.717) is 17.5 Å². The van der Waals surface area contributed by atoms with Crippen LogP contribution in [0.15, 0.2) is 237 Å². The van der Waals surface area contributed by atoms with E-state index < -0.39 is 5.41 Å². The van der Waals surface area contributed by atoms with Gasteiger partial charge < -0.3 is 0 Å². The Hall–Kier alpha value is -8.53. The van der Waals surface area contributed by atoms with E-state index in [9.17, 15) is 0 Å². The van der Waals surface area contributed by atoms with E-state index in [1.807, 2.05) is 18.2 Å². The maximum absolute atomic E-state index is 5.34. The van der Waals surface area contributed by atoms with Gasteiger partial charge in [0.05, 0.1) is 5.41 Å². The summed E-state index contributed by atoms with van der Waals surface area (Å²) >= 11 is 0. The molecule has 0 saturated carbocycles. The fraction of sp³-hybridized carbons (Fsp3) is 0.0161. The van der Waals surface area contributed by atoms with Gasteiger partial charge in [0.15, 0.2) is 17.5 Å². The van der Waals surface area contributed by atoms with Gasteiger partial charge in [-0.15, -0.1) is 0 Å². The van der Waals surface area contributed by atoms with Crippen molar-refractivity contribution in [3.8, 4) is 56.4 Å². The Balaban J connectivity index is 1.06. The van der Waals surface area contributed by atoms with Crippen molar-refractivity contribution in [2.75, 3.05) is 0 Å². The molecule has 1 heterocycles. The molecule has 1 aliphatic rings. The SMILES string of the molecule is c1ccc(-c2nc(-c3ccc4c5c(ccc4c3)-c3cccc(-c4ccc6ccccc6c4)c3C5(c3ccccc3)c3ccccc3)nc(-c3cc4ccccc4c4ccccc34)n2)cc1. The number of fused-ring (bicyclic) bond motifs is 9. The van der Waals surface area contributed by atoms with E-state index in [2.05, 4.69) is 218 Å². The third-order valence-electron chi connectivity index (χ3n) is 13.5. The second-order valence-electron chi connectivity index (χ2n) is 17.1. The van der Waals surface area contributed by atoms with Crippen molar-refractivity contribution in [3.05, 3.63) is 259 Å². The van der Waals surface area contributed by atoms with E-state index in [1.165, 1.54) is 71.4 Å². The lowest BCUT2D eigenvalue weighted by Crippen LogP contribution is -2.29. The summed E-state index contributed by atoms with van der Waals surface area (Å²) in [5.41, 5.74) is 12.2. The molecule has 1 aromatic heterocycles. The maximum Gasteiger partial charge on any atom is 0.164 e. The molecule has 0 fully saturated rings. The van der Waals surface area contributed by atoms with Crippen LogP contribution in [0.3, 0.4) is 0 Å². The molecule has 0 radical (unpaired) electrons. The summed E-state index contributed by atoms with van der Waals surface area (Å²) in [7, 11) is 0. The Labute approximate surface area is 377 Å². The first kappa shape index (κ1) is 37.1. The summed E-state index contributed by atoms with van der Waals surface area (Å²) in [6.07, 6.45) is 0. The summed E-state index contributed by atoms with van der Waals surface area (Å²) < 4.78 is 0. The summed E-state index contributed by atoms with van der Waals surface area (Å²) in [6, 6.07) is 85.6. The minimum Gasteiger partial charge on any atom is -0.208 e. The van der Waals surface area contributed by atoms with Crippen LogP contribution in [-0.2, 0) is 5.41 Å². The van der Waals surface area contributed by atoms with E-state index in [1.54, 1.807) is 0 Å². The molecular weight excluding hydrogens is 787 g/mol. The third kappa shape index (κ3) is 5.79. The lowest BCUT2D eigenvalue weighted by Gasteiger charge is -2.36. The van der Waals surface area contributed by atoms with Crippen LogP contribution in [0.25, 0.3) is 99.5 Å². The largest absolute Gasteiger partial charge is 0.208 e. The van der Waals surface area contributed by atoms with Gasteiger partial charge in [0.2, 0.25) is 0 Å². The van der Waals surface area contributed by atoms with Gasteiger partial charge >= 0.3 is 0 Å². The van der Waals surface area contributed by atoms with E-state index in [-0.39, 0.29) is 0 Å². The highest BCUT2D eigenvalue weighted by Gasteiger charge is 2.48. The van der Waals surface area contributed by atoms with Gasteiger partial charge in [0.25, 0.3) is 0 Å². The first-order chi connectivity index (χ1) is 32.2. The Morgan fingerprint density at radius 2 is 0.769 bits per heavy atom. The minimum atomic E-state index is -0.631. The summed E-state index contributed by atoms with van der Waals surface area (Å²) in [4.78, 5) is 15.8. The van der Waals surface area contributed by atoms with Crippen LogP contribution in [0.1, 0.15) is 22.3 Å². The van der Waals surface area contributed by atoms with Crippen LogP contribution in [0.4, 0.5) is 0 Å². The zero-order valence-corrected chi connectivity index (χ0v) is 35.4. The number of hydrogen-bond acceptors (Lipinski definition) is 3. The second-order valence-corrected chi connectivity index (χ2v) is 17.1. The molecule has 13 rings (SSSR count). The summed E-state index contributed by atoms with van der Waals surface area (Å²) in [5.74, 6) is 1.92. The van der Waals surface area contributed by atoms with Gasteiger partial charge in [-0.25, -0.2) is 15.0 Å². The smallest absolute Gasteiger partial charge is 0.164 e. The maximum atomic E-state index is 5.34. The number of nitrogens with zero attached hydrogens (tertiary/aromatic N) is 3. The fourth-order valence-electron chi connectivity index (χ4n) is 10.7. The second kappa shape index (κ2) is 14.8. The molecule has 11 aromatic carbocycles. The van der Waals surface area contributed by atoms with E-state index >= 15 is 0 Å². The zero-order chi connectivity index (χ0) is 42.9. The average Bonchev–Trinajstić information content (AvgIpc) is 3.70. The average molecular weight is 826 g/mol. The van der Waals surface area contributed by atoms with Crippen LogP contribution in [-0.4, -0.2) is 15.0 Å². The van der Waals surface area contributed by atoms with Crippen LogP contribution in [0.5, 0.6) is 0 Å². The van der Waals surface area contributed by atoms with E-state index in [4.69, 9.17) is 15.0 Å². The topological polar surface area (TPSA) is 38.7 Å².